The largest absolute Gasteiger partial charge is 0.468 e. The third-order valence-corrected chi connectivity index (χ3v) is 2.62. The Bertz CT molecular complexity index is 638. The van der Waals surface area contributed by atoms with Gasteiger partial charge in [-0.25, -0.2) is 4.68 Å². The van der Waals surface area contributed by atoms with Gasteiger partial charge in [0.25, 0.3) is 5.91 Å². The van der Waals surface area contributed by atoms with Crippen molar-refractivity contribution in [2.45, 2.75) is 0 Å². The lowest BCUT2D eigenvalue weighted by molar-refractivity contribution is -0.139. The van der Waals surface area contributed by atoms with Crippen molar-refractivity contribution in [1.29, 1.82) is 0 Å². The topological polar surface area (TPSA) is 99.0 Å². The van der Waals surface area contributed by atoms with Crippen molar-refractivity contribution < 1.29 is 14.3 Å². The van der Waals surface area contributed by atoms with E-state index in [1.165, 1.54) is 11.8 Å². The first kappa shape index (κ1) is 13.7. The standard InChI is InChI=1S/C12H13N5O3/c1-17-11(14-15-16-17)8-4-3-5-9(6-8)12(19)13-7-10(18)20-2/h3-6H,7H2,1-2H3,(H,13,19). The van der Waals surface area contributed by atoms with Crippen LogP contribution < -0.4 is 5.32 Å². The van der Waals surface area contributed by atoms with Crippen LogP contribution in [0.4, 0.5) is 0 Å². The highest BCUT2D eigenvalue weighted by Crippen LogP contribution is 2.16. The van der Waals surface area contributed by atoms with Crippen LogP contribution in [0.2, 0.25) is 0 Å². The molecule has 0 aliphatic rings. The van der Waals surface area contributed by atoms with E-state index >= 15 is 0 Å². The van der Waals surface area contributed by atoms with E-state index in [2.05, 4.69) is 25.6 Å². The minimum absolute atomic E-state index is 0.176. The molecule has 0 atom stereocenters. The zero-order valence-electron chi connectivity index (χ0n) is 11.0. The molecule has 0 bridgehead atoms. The number of ether oxygens (including phenoxy) is 1. The van der Waals surface area contributed by atoms with Crippen LogP contribution in [0.25, 0.3) is 11.4 Å². The Morgan fingerprint density at radius 3 is 2.85 bits per heavy atom. The number of nitrogens with one attached hydrogen (secondary N) is 1. The minimum atomic E-state index is -0.507. The maximum Gasteiger partial charge on any atom is 0.325 e. The number of amides is 1. The molecule has 104 valence electrons. The molecule has 0 saturated carbocycles. The molecule has 20 heavy (non-hydrogen) atoms. The fourth-order valence-corrected chi connectivity index (χ4v) is 1.60. The van der Waals surface area contributed by atoms with E-state index in [0.29, 0.717) is 17.0 Å². The molecule has 2 rings (SSSR count). The molecule has 1 aromatic carbocycles. The molecule has 0 saturated heterocycles. The first-order valence-corrected chi connectivity index (χ1v) is 5.79. The average Bonchev–Trinajstić information content (AvgIpc) is 2.90. The maximum absolute atomic E-state index is 11.9. The summed E-state index contributed by atoms with van der Waals surface area (Å²) >= 11 is 0. The molecule has 0 fully saturated rings. The van der Waals surface area contributed by atoms with Gasteiger partial charge in [-0.2, -0.15) is 0 Å². The van der Waals surface area contributed by atoms with Crippen LogP contribution in [-0.2, 0) is 16.6 Å². The van der Waals surface area contributed by atoms with E-state index in [-0.39, 0.29) is 12.5 Å². The predicted octanol–water partition coefficient (Wildman–Crippen LogP) is -0.220. The fraction of sp³-hybridized carbons (Fsp3) is 0.250. The number of tetrazole rings is 1. The number of methoxy groups -OCH3 is 1. The lowest BCUT2D eigenvalue weighted by atomic mass is 10.1. The number of hydrogen-bond acceptors (Lipinski definition) is 6. The number of rotatable bonds is 4. The van der Waals surface area contributed by atoms with Crippen LogP contribution in [0.15, 0.2) is 24.3 Å². The van der Waals surface area contributed by atoms with Gasteiger partial charge in [0.15, 0.2) is 5.82 Å². The summed E-state index contributed by atoms with van der Waals surface area (Å²) in [6.07, 6.45) is 0. The second-order valence-corrected chi connectivity index (χ2v) is 3.97. The van der Waals surface area contributed by atoms with Crippen LogP contribution in [0.1, 0.15) is 10.4 Å². The van der Waals surface area contributed by atoms with Crippen molar-refractivity contribution >= 4 is 11.9 Å². The number of benzene rings is 1. The Labute approximate surface area is 114 Å². The molecule has 0 aliphatic heterocycles. The summed E-state index contributed by atoms with van der Waals surface area (Å²) in [6, 6.07) is 6.80. The molecule has 2 aromatic rings. The van der Waals surface area contributed by atoms with E-state index in [1.807, 2.05) is 0 Å². The van der Waals surface area contributed by atoms with Crippen LogP contribution >= 0.6 is 0 Å². The van der Waals surface area contributed by atoms with Gasteiger partial charge in [-0.05, 0) is 22.6 Å². The Morgan fingerprint density at radius 1 is 1.40 bits per heavy atom. The number of carbonyl (C=O) groups excluding carboxylic acids is 2. The van der Waals surface area contributed by atoms with Gasteiger partial charge in [0, 0.05) is 18.2 Å². The number of aromatic nitrogens is 4. The summed E-state index contributed by atoms with van der Waals surface area (Å²) in [5, 5.41) is 13.6. The molecule has 0 aliphatic carbocycles. The minimum Gasteiger partial charge on any atom is -0.468 e. The molecule has 1 amide bonds. The van der Waals surface area contributed by atoms with Gasteiger partial charge in [-0.3, -0.25) is 9.59 Å². The first-order chi connectivity index (χ1) is 9.61. The maximum atomic E-state index is 11.9. The van der Waals surface area contributed by atoms with Gasteiger partial charge in [0.05, 0.1) is 7.11 Å². The lowest BCUT2D eigenvalue weighted by Gasteiger charge is -2.05. The summed E-state index contributed by atoms with van der Waals surface area (Å²) in [5.41, 5.74) is 1.12. The molecule has 8 heteroatoms. The van der Waals surface area contributed by atoms with Crippen molar-refractivity contribution in [2.75, 3.05) is 13.7 Å². The smallest absolute Gasteiger partial charge is 0.325 e. The third-order valence-electron chi connectivity index (χ3n) is 2.62. The molecule has 0 spiro atoms. The highest BCUT2D eigenvalue weighted by atomic mass is 16.5. The quantitative estimate of drug-likeness (QED) is 0.774. The molecular formula is C12H13N5O3. The van der Waals surface area contributed by atoms with Crippen molar-refractivity contribution in [3.8, 4) is 11.4 Å². The molecule has 0 radical (unpaired) electrons. The van der Waals surface area contributed by atoms with Crippen molar-refractivity contribution in [1.82, 2.24) is 25.5 Å². The third kappa shape index (κ3) is 2.97. The second kappa shape index (κ2) is 5.91. The van der Waals surface area contributed by atoms with E-state index in [1.54, 1.807) is 31.3 Å². The average molecular weight is 275 g/mol. The van der Waals surface area contributed by atoms with Gasteiger partial charge in [-0.1, -0.05) is 12.1 Å². The van der Waals surface area contributed by atoms with Gasteiger partial charge < -0.3 is 10.1 Å². The van der Waals surface area contributed by atoms with Gasteiger partial charge in [0.2, 0.25) is 0 Å². The number of aryl methyl sites for hydroxylation is 1. The van der Waals surface area contributed by atoms with Gasteiger partial charge in [-0.15, -0.1) is 5.10 Å². The van der Waals surface area contributed by atoms with Crippen LogP contribution in [0, 0.1) is 0 Å². The van der Waals surface area contributed by atoms with Crippen LogP contribution in [-0.4, -0.2) is 45.7 Å². The second-order valence-electron chi connectivity index (χ2n) is 3.97. The SMILES string of the molecule is COC(=O)CNC(=O)c1cccc(-c2nnnn2C)c1. The Morgan fingerprint density at radius 2 is 2.20 bits per heavy atom. The summed E-state index contributed by atoms with van der Waals surface area (Å²) in [4.78, 5) is 22.9. The number of esters is 1. The fourth-order valence-electron chi connectivity index (χ4n) is 1.60. The van der Waals surface area contributed by atoms with Crippen molar-refractivity contribution in [3.05, 3.63) is 29.8 Å². The number of hydrogen-bond donors (Lipinski definition) is 1. The summed E-state index contributed by atoms with van der Waals surface area (Å²) in [5.74, 6) is -0.327. The zero-order chi connectivity index (χ0) is 14.5. The zero-order valence-corrected chi connectivity index (χ0v) is 11.0. The summed E-state index contributed by atoms with van der Waals surface area (Å²) in [6.45, 7) is -0.176. The van der Waals surface area contributed by atoms with Gasteiger partial charge >= 0.3 is 5.97 Å². The monoisotopic (exact) mass is 275 g/mol. The molecule has 1 heterocycles. The summed E-state index contributed by atoms with van der Waals surface area (Å²) in [7, 11) is 2.97. The normalized spacial score (nSPS) is 10.1. The predicted molar refractivity (Wildman–Crippen MR) is 68.6 cm³/mol. The number of carbonyl (C=O) groups is 2. The summed E-state index contributed by atoms with van der Waals surface area (Å²) < 4.78 is 5.96. The van der Waals surface area contributed by atoms with E-state index in [0.717, 1.165) is 0 Å². The molecular weight excluding hydrogens is 262 g/mol. The van der Waals surface area contributed by atoms with Crippen molar-refractivity contribution in [2.24, 2.45) is 7.05 Å². The van der Waals surface area contributed by atoms with Crippen LogP contribution in [0.3, 0.4) is 0 Å². The van der Waals surface area contributed by atoms with E-state index in [4.69, 9.17) is 0 Å². The van der Waals surface area contributed by atoms with Crippen LogP contribution in [0.5, 0.6) is 0 Å². The Balaban J connectivity index is 2.16. The first-order valence-electron chi connectivity index (χ1n) is 5.79. The molecule has 1 N–H and O–H groups in total. The molecule has 1 aromatic heterocycles. The highest BCUT2D eigenvalue weighted by Gasteiger charge is 2.11. The molecule has 0 unspecified atom stereocenters. The lowest BCUT2D eigenvalue weighted by Crippen LogP contribution is -2.30. The highest BCUT2D eigenvalue weighted by molar-refractivity contribution is 5.96. The molecule has 8 nitrogen and oxygen atoms in total. The Hall–Kier alpha value is -2.77. The van der Waals surface area contributed by atoms with E-state index in [9.17, 15) is 9.59 Å². The number of nitrogens with zero attached hydrogens (tertiary/aromatic N) is 4. The Kier molecular flexibility index (Phi) is 4.04. The van der Waals surface area contributed by atoms with Gasteiger partial charge in [0.1, 0.15) is 6.54 Å². The van der Waals surface area contributed by atoms with E-state index < -0.39 is 5.97 Å². The van der Waals surface area contributed by atoms with Crippen molar-refractivity contribution in [3.63, 3.8) is 0 Å².